The van der Waals surface area contributed by atoms with E-state index >= 15 is 0 Å². The van der Waals surface area contributed by atoms with Crippen LogP contribution in [0.15, 0.2) is 22.7 Å². The third-order valence-electron chi connectivity index (χ3n) is 1.80. The number of ether oxygens (including phenoxy) is 1. The van der Waals surface area contributed by atoms with Gasteiger partial charge in [-0.15, -0.1) is 10.2 Å². The van der Waals surface area contributed by atoms with Gasteiger partial charge in [-0.2, -0.15) is 0 Å². The first-order valence-corrected chi connectivity index (χ1v) is 4.28. The smallest absolute Gasteiger partial charge is 0.393 e. The highest BCUT2D eigenvalue weighted by atomic mass is 16.5. The molecule has 1 N–H and O–H groups in total. The second-order valence-corrected chi connectivity index (χ2v) is 2.78. The summed E-state index contributed by atoms with van der Waals surface area (Å²) in [6.07, 6.45) is 1.54. The average Bonchev–Trinajstić information content (AvgIpc) is 2.78. The maximum absolute atomic E-state index is 10.6. The highest BCUT2D eigenvalue weighted by molar-refractivity contribution is 5.82. The largest absolute Gasteiger partial charge is 0.480 e. The fourth-order valence-corrected chi connectivity index (χ4v) is 1.13. The predicted molar refractivity (Wildman–Crippen MR) is 51.0 cm³/mol. The molecular weight excluding hydrogens is 214 g/mol. The molecule has 7 nitrogen and oxygen atoms in total. The molecule has 0 unspecified atom stereocenters. The number of methoxy groups -OCH3 is 1. The lowest BCUT2D eigenvalue weighted by Crippen LogP contribution is -1.95. The lowest BCUT2D eigenvalue weighted by atomic mass is 10.3. The highest BCUT2D eigenvalue weighted by Gasteiger charge is 2.17. The molecule has 2 aromatic heterocycles. The van der Waals surface area contributed by atoms with Crippen molar-refractivity contribution >= 4 is 5.97 Å². The Morgan fingerprint density at radius 1 is 1.50 bits per heavy atom. The van der Waals surface area contributed by atoms with Gasteiger partial charge in [0.15, 0.2) is 0 Å². The Hall–Kier alpha value is -2.44. The fraction of sp³-hybridized carbons (Fsp3) is 0.111. The zero-order valence-electron chi connectivity index (χ0n) is 8.25. The second-order valence-electron chi connectivity index (χ2n) is 2.78. The standard InChI is InChI=1S/C9H7N3O4/c1-15-6-5(3-2-4-10-6)7-11-12-8(16-7)9(13)14/h2-4H,1H3,(H,13,14). The summed E-state index contributed by atoms with van der Waals surface area (Å²) in [6.45, 7) is 0. The zero-order chi connectivity index (χ0) is 11.5. The summed E-state index contributed by atoms with van der Waals surface area (Å²) < 4.78 is 9.92. The molecule has 0 saturated heterocycles. The molecule has 0 aliphatic rings. The van der Waals surface area contributed by atoms with Crippen LogP contribution in [0, 0.1) is 0 Å². The van der Waals surface area contributed by atoms with E-state index in [1.165, 1.54) is 13.3 Å². The molecule has 16 heavy (non-hydrogen) atoms. The normalized spacial score (nSPS) is 10.1. The third-order valence-corrected chi connectivity index (χ3v) is 1.80. The number of hydrogen-bond acceptors (Lipinski definition) is 6. The van der Waals surface area contributed by atoms with Crippen molar-refractivity contribution in [2.75, 3.05) is 7.11 Å². The molecule has 82 valence electrons. The van der Waals surface area contributed by atoms with E-state index in [4.69, 9.17) is 14.3 Å². The Balaban J connectivity index is 2.46. The van der Waals surface area contributed by atoms with Gasteiger partial charge >= 0.3 is 11.9 Å². The summed E-state index contributed by atoms with van der Waals surface area (Å²) in [5.74, 6) is -1.40. The number of carboxylic acids is 1. The van der Waals surface area contributed by atoms with Crippen LogP contribution in [-0.2, 0) is 0 Å². The summed E-state index contributed by atoms with van der Waals surface area (Å²) in [7, 11) is 1.44. The van der Waals surface area contributed by atoms with Crippen LogP contribution < -0.4 is 4.74 Å². The van der Waals surface area contributed by atoms with Crippen molar-refractivity contribution in [3.63, 3.8) is 0 Å². The van der Waals surface area contributed by atoms with Gasteiger partial charge in [-0.3, -0.25) is 0 Å². The lowest BCUT2D eigenvalue weighted by molar-refractivity contribution is 0.0654. The molecule has 0 spiro atoms. The summed E-state index contributed by atoms with van der Waals surface area (Å²) in [4.78, 5) is 14.5. The van der Waals surface area contributed by atoms with Crippen LogP contribution in [0.25, 0.3) is 11.5 Å². The predicted octanol–water partition coefficient (Wildman–Crippen LogP) is 0.838. The molecule has 0 aliphatic heterocycles. The zero-order valence-corrected chi connectivity index (χ0v) is 8.25. The number of carbonyl (C=O) groups is 1. The Kier molecular flexibility index (Phi) is 2.50. The molecular formula is C9H7N3O4. The molecule has 0 aliphatic carbocycles. The number of pyridine rings is 1. The quantitative estimate of drug-likeness (QED) is 0.819. The number of rotatable bonds is 3. The van der Waals surface area contributed by atoms with Crippen molar-refractivity contribution in [1.29, 1.82) is 0 Å². The van der Waals surface area contributed by atoms with E-state index in [1.54, 1.807) is 12.1 Å². The molecule has 7 heteroatoms. The Morgan fingerprint density at radius 3 is 2.94 bits per heavy atom. The van der Waals surface area contributed by atoms with Crippen molar-refractivity contribution in [1.82, 2.24) is 15.2 Å². The van der Waals surface area contributed by atoms with Gasteiger partial charge in [0, 0.05) is 6.20 Å². The minimum Gasteiger partial charge on any atom is -0.480 e. The van der Waals surface area contributed by atoms with E-state index in [0.717, 1.165) is 0 Å². The summed E-state index contributed by atoms with van der Waals surface area (Å²) in [5, 5.41) is 15.6. The molecule has 0 bridgehead atoms. The molecule has 0 aromatic carbocycles. The van der Waals surface area contributed by atoms with Gasteiger partial charge < -0.3 is 14.3 Å². The van der Waals surface area contributed by atoms with Gasteiger partial charge in [0.05, 0.1) is 7.11 Å². The Morgan fingerprint density at radius 2 is 2.31 bits per heavy atom. The molecule has 0 amide bonds. The van der Waals surface area contributed by atoms with Crippen LogP contribution in [0.3, 0.4) is 0 Å². The molecule has 2 aromatic rings. The van der Waals surface area contributed by atoms with E-state index < -0.39 is 11.9 Å². The van der Waals surface area contributed by atoms with Crippen molar-refractivity contribution in [3.05, 3.63) is 24.2 Å². The molecule has 0 saturated carbocycles. The van der Waals surface area contributed by atoms with Crippen LogP contribution in [-0.4, -0.2) is 33.4 Å². The van der Waals surface area contributed by atoms with Crippen LogP contribution >= 0.6 is 0 Å². The van der Waals surface area contributed by atoms with Gasteiger partial charge in [-0.25, -0.2) is 9.78 Å². The minimum absolute atomic E-state index is 0.0577. The van der Waals surface area contributed by atoms with Crippen molar-refractivity contribution < 1.29 is 19.1 Å². The fourth-order valence-electron chi connectivity index (χ4n) is 1.13. The summed E-state index contributed by atoms with van der Waals surface area (Å²) in [5.41, 5.74) is 0.449. The highest BCUT2D eigenvalue weighted by Crippen LogP contribution is 2.25. The monoisotopic (exact) mass is 221 g/mol. The van der Waals surface area contributed by atoms with Gasteiger partial charge in [0.25, 0.3) is 5.89 Å². The first-order valence-electron chi connectivity index (χ1n) is 4.28. The summed E-state index contributed by atoms with van der Waals surface area (Å²) in [6, 6.07) is 3.30. The first kappa shape index (κ1) is 10.1. The number of carboxylic acid groups (broad SMARTS) is 1. The van der Waals surface area contributed by atoms with Crippen molar-refractivity contribution in [2.24, 2.45) is 0 Å². The van der Waals surface area contributed by atoms with Gasteiger partial charge in [0.1, 0.15) is 5.56 Å². The number of aromatic carboxylic acids is 1. The molecule has 2 rings (SSSR count). The average molecular weight is 221 g/mol. The molecule has 0 fully saturated rings. The van der Waals surface area contributed by atoms with E-state index in [2.05, 4.69) is 15.2 Å². The van der Waals surface area contributed by atoms with E-state index in [-0.39, 0.29) is 5.89 Å². The second kappa shape index (κ2) is 3.97. The number of aromatic nitrogens is 3. The van der Waals surface area contributed by atoms with Crippen molar-refractivity contribution in [2.45, 2.75) is 0 Å². The van der Waals surface area contributed by atoms with E-state index in [1.807, 2.05) is 0 Å². The first-order chi connectivity index (χ1) is 7.72. The Labute approximate surface area is 89.7 Å². The van der Waals surface area contributed by atoms with Gasteiger partial charge in [-0.1, -0.05) is 0 Å². The van der Waals surface area contributed by atoms with Crippen LogP contribution in [0.1, 0.15) is 10.7 Å². The number of hydrogen-bond donors (Lipinski definition) is 1. The van der Waals surface area contributed by atoms with Crippen LogP contribution in [0.2, 0.25) is 0 Å². The van der Waals surface area contributed by atoms with Crippen LogP contribution in [0.4, 0.5) is 0 Å². The SMILES string of the molecule is COc1ncccc1-c1nnc(C(=O)O)o1. The Bertz CT molecular complexity index is 523. The van der Waals surface area contributed by atoms with E-state index in [0.29, 0.717) is 11.4 Å². The lowest BCUT2D eigenvalue weighted by Gasteiger charge is -2.01. The summed E-state index contributed by atoms with van der Waals surface area (Å²) >= 11 is 0. The molecule has 2 heterocycles. The topological polar surface area (TPSA) is 98.3 Å². The molecule has 0 atom stereocenters. The maximum Gasteiger partial charge on any atom is 0.393 e. The third kappa shape index (κ3) is 1.70. The van der Waals surface area contributed by atoms with Gasteiger partial charge in [-0.05, 0) is 12.1 Å². The van der Waals surface area contributed by atoms with E-state index in [9.17, 15) is 4.79 Å². The van der Waals surface area contributed by atoms with Crippen LogP contribution in [0.5, 0.6) is 5.88 Å². The van der Waals surface area contributed by atoms with Gasteiger partial charge in [0.2, 0.25) is 5.88 Å². The molecule has 0 radical (unpaired) electrons. The van der Waals surface area contributed by atoms with Crippen molar-refractivity contribution in [3.8, 4) is 17.3 Å². The number of nitrogens with zero attached hydrogens (tertiary/aromatic N) is 3. The maximum atomic E-state index is 10.6. The minimum atomic E-state index is -1.28.